The lowest BCUT2D eigenvalue weighted by Gasteiger charge is -2.14. The number of benzene rings is 1. The topological polar surface area (TPSA) is 112 Å². The maximum atomic E-state index is 14.8. The predicted octanol–water partition coefficient (Wildman–Crippen LogP) is 2.87. The fourth-order valence-electron chi connectivity index (χ4n) is 3.26. The number of cyclic esters (lactones) is 1. The van der Waals surface area contributed by atoms with Crippen molar-refractivity contribution in [3.05, 3.63) is 42.3 Å². The molecule has 31 heavy (non-hydrogen) atoms. The Labute approximate surface area is 179 Å². The molecular weight excluding hydrogens is 401 g/mol. The molecule has 4 rings (SSSR count). The molecule has 1 aliphatic heterocycles. The second kappa shape index (κ2) is 8.76. The molecule has 0 saturated carbocycles. The molecule has 0 unspecified atom stereocenters. The van der Waals surface area contributed by atoms with Gasteiger partial charge in [-0.25, -0.2) is 9.18 Å². The summed E-state index contributed by atoms with van der Waals surface area (Å²) in [7, 11) is 0. The summed E-state index contributed by atoms with van der Waals surface area (Å²) in [5.41, 5.74) is 7.51. The third-order valence-corrected chi connectivity index (χ3v) is 5.06. The first kappa shape index (κ1) is 20.9. The number of hydrogen-bond acceptors (Lipinski definition) is 7. The maximum Gasteiger partial charge on any atom is 0.414 e. The van der Waals surface area contributed by atoms with Crippen LogP contribution in [0.1, 0.15) is 20.3 Å². The first-order valence-electron chi connectivity index (χ1n) is 10.2. The van der Waals surface area contributed by atoms with Gasteiger partial charge in [-0.1, -0.05) is 19.9 Å². The van der Waals surface area contributed by atoms with Gasteiger partial charge in [-0.3, -0.25) is 9.88 Å². The number of aryl methyl sites for hydroxylation is 1. The fraction of sp³-hybridized carbons (Fsp3) is 0.381. The number of carbonyl (C=O) groups excluding carboxylic acids is 1. The predicted molar refractivity (Wildman–Crippen MR) is 113 cm³/mol. The van der Waals surface area contributed by atoms with Gasteiger partial charge in [-0.2, -0.15) is 4.80 Å². The van der Waals surface area contributed by atoms with Crippen LogP contribution in [0, 0.1) is 11.7 Å². The zero-order chi connectivity index (χ0) is 22.0. The molecule has 1 aliphatic rings. The summed E-state index contributed by atoms with van der Waals surface area (Å²) < 4.78 is 19.9. The highest BCUT2D eigenvalue weighted by atomic mass is 19.1. The quantitative estimate of drug-likeness (QED) is 0.619. The van der Waals surface area contributed by atoms with Gasteiger partial charge in [0, 0.05) is 23.9 Å². The van der Waals surface area contributed by atoms with Crippen molar-refractivity contribution in [2.45, 2.75) is 32.9 Å². The van der Waals surface area contributed by atoms with Crippen LogP contribution in [0.3, 0.4) is 0 Å². The molecule has 3 aromatic rings. The van der Waals surface area contributed by atoms with Gasteiger partial charge in [0.1, 0.15) is 17.6 Å². The molecule has 0 aliphatic carbocycles. The van der Waals surface area contributed by atoms with Crippen molar-refractivity contribution in [1.29, 1.82) is 0 Å². The Hall–Kier alpha value is -3.40. The number of anilines is 1. The van der Waals surface area contributed by atoms with Crippen LogP contribution in [0.25, 0.3) is 22.6 Å². The maximum absolute atomic E-state index is 14.8. The number of tetrazole rings is 1. The van der Waals surface area contributed by atoms with Crippen LogP contribution >= 0.6 is 0 Å². The molecule has 3 heterocycles. The van der Waals surface area contributed by atoms with E-state index in [1.54, 1.807) is 35.3 Å². The van der Waals surface area contributed by atoms with Gasteiger partial charge < -0.3 is 10.5 Å². The Kier molecular flexibility index (Phi) is 5.90. The molecular formula is C21H24FN7O2. The molecule has 1 amide bonds. The summed E-state index contributed by atoms with van der Waals surface area (Å²) >= 11 is 0. The van der Waals surface area contributed by atoms with Crippen molar-refractivity contribution < 1.29 is 13.9 Å². The van der Waals surface area contributed by atoms with Gasteiger partial charge in [0.2, 0.25) is 5.82 Å². The number of aromatic nitrogens is 5. The van der Waals surface area contributed by atoms with E-state index >= 15 is 0 Å². The van der Waals surface area contributed by atoms with Gasteiger partial charge in [0.15, 0.2) is 0 Å². The second-order valence-corrected chi connectivity index (χ2v) is 7.84. The van der Waals surface area contributed by atoms with Crippen LogP contribution in [0.2, 0.25) is 0 Å². The number of carbonyl (C=O) groups is 1. The lowest BCUT2D eigenvalue weighted by Crippen LogP contribution is -2.27. The molecule has 162 valence electrons. The molecule has 0 radical (unpaired) electrons. The number of halogens is 1. The van der Waals surface area contributed by atoms with Gasteiger partial charge in [0.25, 0.3) is 0 Å². The minimum atomic E-state index is -0.525. The second-order valence-electron chi connectivity index (χ2n) is 7.84. The zero-order valence-corrected chi connectivity index (χ0v) is 17.4. The largest absolute Gasteiger partial charge is 0.443 e. The summed E-state index contributed by atoms with van der Waals surface area (Å²) in [4.78, 5) is 19.3. The molecule has 2 aromatic heterocycles. The van der Waals surface area contributed by atoms with Gasteiger partial charge in [-0.15, -0.1) is 10.2 Å². The van der Waals surface area contributed by atoms with Gasteiger partial charge in [0.05, 0.1) is 18.8 Å². The van der Waals surface area contributed by atoms with E-state index in [0.717, 1.165) is 6.42 Å². The van der Waals surface area contributed by atoms with Crippen molar-refractivity contribution in [1.82, 2.24) is 25.2 Å². The third kappa shape index (κ3) is 4.53. The summed E-state index contributed by atoms with van der Waals surface area (Å²) in [6, 6.07) is 8.09. The minimum absolute atomic E-state index is 0.223. The zero-order valence-electron chi connectivity index (χ0n) is 17.4. The van der Waals surface area contributed by atoms with E-state index in [1.807, 2.05) is 0 Å². The summed E-state index contributed by atoms with van der Waals surface area (Å²) in [6.45, 7) is 5.49. The Morgan fingerprint density at radius 2 is 2.13 bits per heavy atom. The highest BCUT2D eigenvalue weighted by Gasteiger charge is 2.31. The Morgan fingerprint density at radius 1 is 1.29 bits per heavy atom. The van der Waals surface area contributed by atoms with Crippen LogP contribution in [-0.2, 0) is 11.3 Å². The van der Waals surface area contributed by atoms with Crippen LogP contribution in [0.4, 0.5) is 14.9 Å². The standard InChI is InChI=1S/C21H24FN7O2/c1-13(2)7-8-29-26-20(25-27-29)19-6-3-14(11-24-19)17-5-4-15(9-18(17)22)28-12-16(10-23)31-21(28)30/h3-6,9,11,13,16H,7-8,10,12,23H2,1-2H3/t16-/m0/s1. The number of amides is 1. The van der Waals surface area contributed by atoms with E-state index in [9.17, 15) is 9.18 Å². The van der Waals surface area contributed by atoms with Crippen LogP contribution in [0.5, 0.6) is 0 Å². The Morgan fingerprint density at radius 3 is 2.77 bits per heavy atom. The fourth-order valence-corrected chi connectivity index (χ4v) is 3.26. The number of ether oxygens (including phenoxy) is 1. The Bertz CT molecular complexity index is 1070. The molecule has 2 N–H and O–H groups in total. The average molecular weight is 425 g/mol. The third-order valence-electron chi connectivity index (χ3n) is 5.06. The van der Waals surface area contributed by atoms with Crippen LogP contribution < -0.4 is 10.6 Å². The summed E-state index contributed by atoms with van der Waals surface area (Å²) in [6.07, 6.45) is 1.61. The molecule has 0 bridgehead atoms. The first-order chi connectivity index (χ1) is 14.9. The van der Waals surface area contributed by atoms with Crippen molar-refractivity contribution in [3.63, 3.8) is 0 Å². The van der Waals surface area contributed by atoms with Crippen molar-refractivity contribution in [2.75, 3.05) is 18.0 Å². The number of nitrogens with two attached hydrogens (primary N) is 1. The minimum Gasteiger partial charge on any atom is -0.443 e. The van der Waals surface area contributed by atoms with E-state index in [1.165, 1.54) is 11.0 Å². The van der Waals surface area contributed by atoms with Crippen molar-refractivity contribution in [3.8, 4) is 22.6 Å². The van der Waals surface area contributed by atoms with E-state index < -0.39 is 11.9 Å². The van der Waals surface area contributed by atoms with Crippen LogP contribution in [-0.4, -0.2) is 50.5 Å². The number of nitrogens with zero attached hydrogens (tertiary/aromatic N) is 6. The van der Waals surface area contributed by atoms with Crippen molar-refractivity contribution >= 4 is 11.8 Å². The lowest BCUT2D eigenvalue weighted by atomic mass is 10.1. The highest BCUT2D eigenvalue weighted by molar-refractivity contribution is 5.90. The Balaban J connectivity index is 1.50. The molecule has 1 fully saturated rings. The van der Waals surface area contributed by atoms with E-state index in [2.05, 4.69) is 34.2 Å². The molecule has 1 aromatic carbocycles. The van der Waals surface area contributed by atoms with E-state index in [0.29, 0.717) is 47.3 Å². The highest BCUT2D eigenvalue weighted by Crippen LogP contribution is 2.29. The number of rotatable bonds is 7. The molecule has 0 spiro atoms. The van der Waals surface area contributed by atoms with Crippen LogP contribution in [0.15, 0.2) is 36.5 Å². The lowest BCUT2D eigenvalue weighted by molar-refractivity contribution is 0.145. The summed E-state index contributed by atoms with van der Waals surface area (Å²) in [5.74, 6) is 0.508. The normalized spacial score (nSPS) is 16.2. The van der Waals surface area contributed by atoms with E-state index in [-0.39, 0.29) is 12.6 Å². The van der Waals surface area contributed by atoms with E-state index in [4.69, 9.17) is 10.5 Å². The SMILES string of the molecule is CC(C)CCn1nnc(-c2ccc(-c3ccc(N4C[C@H](CN)OC4=O)cc3F)cn2)n1. The number of hydrogen-bond donors (Lipinski definition) is 1. The molecule has 1 saturated heterocycles. The average Bonchev–Trinajstić information content (AvgIpc) is 3.39. The summed E-state index contributed by atoms with van der Waals surface area (Å²) in [5, 5.41) is 12.4. The van der Waals surface area contributed by atoms with Crippen molar-refractivity contribution in [2.24, 2.45) is 11.7 Å². The molecule has 1 atom stereocenters. The number of pyridine rings is 1. The monoisotopic (exact) mass is 425 g/mol. The molecule has 9 nitrogen and oxygen atoms in total. The molecule has 10 heteroatoms. The first-order valence-corrected chi connectivity index (χ1v) is 10.2. The van der Waals surface area contributed by atoms with Gasteiger partial charge >= 0.3 is 6.09 Å². The smallest absolute Gasteiger partial charge is 0.414 e. The van der Waals surface area contributed by atoms with Gasteiger partial charge in [-0.05, 0) is 41.8 Å².